The zero-order chi connectivity index (χ0) is 15.9. The highest BCUT2D eigenvalue weighted by atomic mass is 35.5. The predicted octanol–water partition coefficient (Wildman–Crippen LogP) is 1.71. The van der Waals surface area contributed by atoms with E-state index in [1.54, 1.807) is 32.2 Å². The molecule has 0 saturated heterocycles. The second-order valence-electron chi connectivity index (χ2n) is 4.55. The number of hydrogen-bond donors (Lipinski definition) is 0. The Kier molecular flexibility index (Phi) is 3.50. The fraction of sp³-hybridized carbons (Fsp3) is 0.214. The Hall–Kier alpha value is -2.54. The number of halogens is 1. The molecule has 0 aliphatic heterocycles. The van der Waals surface area contributed by atoms with Crippen molar-refractivity contribution in [3.05, 3.63) is 39.1 Å². The highest BCUT2D eigenvalue weighted by Crippen LogP contribution is 2.18. The third-order valence-electron chi connectivity index (χ3n) is 3.06. The molecule has 0 amide bonds. The summed E-state index contributed by atoms with van der Waals surface area (Å²) in [6, 6.07) is 4.99. The van der Waals surface area contributed by atoms with Crippen molar-refractivity contribution in [2.75, 3.05) is 6.61 Å². The average molecular weight is 319 g/mol. The Balaban J connectivity index is 2.36. The molecule has 0 aliphatic carbocycles. The third kappa shape index (κ3) is 2.29. The quantitative estimate of drug-likeness (QED) is 0.528. The maximum absolute atomic E-state index is 12.4. The van der Waals surface area contributed by atoms with E-state index in [4.69, 9.17) is 16.3 Å². The van der Waals surface area contributed by atoms with Gasteiger partial charge in [0.2, 0.25) is 11.1 Å². The van der Waals surface area contributed by atoms with E-state index in [9.17, 15) is 9.59 Å². The van der Waals surface area contributed by atoms with E-state index in [1.807, 2.05) is 0 Å². The van der Waals surface area contributed by atoms with Crippen LogP contribution in [0.4, 0.5) is 0 Å². The van der Waals surface area contributed by atoms with Crippen molar-refractivity contribution in [2.45, 2.75) is 6.92 Å². The molecule has 0 bridgehead atoms. The zero-order valence-electron chi connectivity index (χ0n) is 11.8. The molecule has 3 rings (SSSR count). The number of esters is 1. The minimum Gasteiger partial charge on any atom is -0.461 e. The smallest absolute Gasteiger partial charge is 0.362 e. The molecule has 1 aromatic carbocycles. The molecule has 112 valence electrons. The molecular weight excluding hydrogens is 308 g/mol. The summed E-state index contributed by atoms with van der Waals surface area (Å²) in [6.45, 7) is 1.81. The van der Waals surface area contributed by atoms with Crippen LogP contribution in [0.2, 0.25) is 5.02 Å². The monoisotopic (exact) mass is 318 g/mol. The highest BCUT2D eigenvalue weighted by Gasteiger charge is 2.19. The Morgan fingerprint density at radius 2 is 2.09 bits per heavy atom. The lowest BCUT2D eigenvalue weighted by molar-refractivity contribution is 0.0515. The first kappa shape index (κ1) is 14.4. The molecule has 0 spiro atoms. The number of fused-ring (bicyclic) bond motifs is 2. The van der Waals surface area contributed by atoms with Crippen LogP contribution in [0.25, 0.3) is 22.2 Å². The van der Waals surface area contributed by atoms with Crippen molar-refractivity contribution in [1.82, 2.24) is 19.7 Å². The largest absolute Gasteiger partial charge is 0.461 e. The van der Waals surface area contributed by atoms with E-state index >= 15 is 0 Å². The van der Waals surface area contributed by atoms with Crippen molar-refractivity contribution < 1.29 is 9.53 Å². The first-order chi connectivity index (χ1) is 10.5. The summed E-state index contributed by atoms with van der Waals surface area (Å²) in [4.78, 5) is 32.9. The van der Waals surface area contributed by atoms with Crippen LogP contribution >= 0.6 is 11.6 Å². The molecule has 22 heavy (non-hydrogen) atoms. The summed E-state index contributed by atoms with van der Waals surface area (Å²) in [6.07, 6.45) is 0. The van der Waals surface area contributed by atoms with Crippen LogP contribution in [-0.2, 0) is 11.8 Å². The highest BCUT2D eigenvalue weighted by molar-refractivity contribution is 6.31. The summed E-state index contributed by atoms with van der Waals surface area (Å²) in [7, 11) is 1.58. The molecule has 0 fully saturated rings. The number of rotatable bonds is 2. The van der Waals surface area contributed by atoms with Gasteiger partial charge in [-0.05, 0) is 25.1 Å². The minimum absolute atomic E-state index is 0.0512. The van der Waals surface area contributed by atoms with Crippen LogP contribution in [0.15, 0.2) is 23.0 Å². The topological polar surface area (TPSA) is 87.0 Å². The molecule has 8 heteroatoms. The van der Waals surface area contributed by atoms with Crippen LogP contribution in [0.5, 0.6) is 0 Å². The summed E-state index contributed by atoms with van der Waals surface area (Å²) in [5, 5.41) is 4.43. The lowest BCUT2D eigenvalue weighted by atomic mass is 10.2. The van der Waals surface area contributed by atoms with Crippen LogP contribution in [0.1, 0.15) is 17.4 Å². The molecule has 0 radical (unpaired) electrons. The van der Waals surface area contributed by atoms with Gasteiger partial charge in [0.05, 0.1) is 17.6 Å². The summed E-state index contributed by atoms with van der Waals surface area (Å²) in [5.41, 5.74) is 0.465. The maximum Gasteiger partial charge on any atom is 0.362 e. The summed E-state index contributed by atoms with van der Waals surface area (Å²) >= 11 is 5.93. The lowest BCUT2D eigenvalue weighted by Crippen LogP contribution is -2.24. The number of benzene rings is 1. The number of hydrogen-bond acceptors (Lipinski definition) is 6. The van der Waals surface area contributed by atoms with Gasteiger partial charge in [-0.25, -0.2) is 19.4 Å². The van der Waals surface area contributed by atoms with Gasteiger partial charge in [-0.3, -0.25) is 4.79 Å². The van der Waals surface area contributed by atoms with E-state index in [1.165, 1.54) is 4.68 Å². The van der Waals surface area contributed by atoms with Gasteiger partial charge in [0.15, 0.2) is 11.2 Å². The fourth-order valence-electron chi connectivity index (χ4n) is 2.08. The molecular formula is C14H11ClN4O3. The molecule has 3 aromatic rings. The Morgan fingerprint density at radius 1 is 1.32 bits per heavy atom. The van der Waals surface area contributed by atoms with Crippen LogP contribution in [0, 0.1) is 0 Å². The number of aryl methyl sites for hydroxylation is 1. The van der Waals surface area contributed by atoms with Gasteiger partial charge in [-0.1, -0.05) is 11.6 Å². The number of nitrogens with zero attached hydrogens (tertiary/aromatic N) is 4. The van der Waals surface area contributed by atoms with Crippen molar-refractivity contribution in [3.63, 3.8) is 0 Å². The van der Waals surface area contributed by atoms with Crippen molar-refractivity contribution in [2.24, 2.45) is 7.05 Å². The van der Waals surface area contributed by atoms with Gasteiger partial charge >= 0.3 is 5.97 Å². The Labute approximate surface area is 129 Å². The average Bonchev–Trinajstić information content (AvgIpc) is 2.49. The molecule has 7 nitrogen and oxygen atoms in total. The van der Waals surface area contributed by atoms with E-state index in [0.717, 1.165) is 0 Å². The molecule has 2 aromatic heterocycles. The second kappa shape index (κ2) is 5.34. The predicted molar refractivity (Wildman–Crippen MR) is 81.0 cm³/mol. The van der Waals surface area contributed by atoms with Crippen LogP contribution < -0.4 is 5.43 Å². The molecule has 0 aliphatic rings. The minimum atomic E-state index is -0.780. The standard InChI is InChI=1S/C14H11ClN4O3/c1-3-22-14(21)11-12(20)10-13(19(2)18-11)17-8-5-4-7(15)6-9(8)16-10/h4-6H,3H2,1-2H3. The normalized spacial score (nSPS) is 11.0. The van der Waals surface area contributed by atoms with E-state index < -0.39 is 11.4 Å². The SMILES string of the molecule is CCOC(=O)c1nn(C)c2nc3ccc(Cl)cc3nc2c1=O. The number of carbonyl (C=O) groups is 1. The Bertz CT molecular complexity index is 968. The summed E-state index contributed by atoms with van der Waals surface area (Å²) in [5.74, 6) is -0.780. The first-order valence-electron chi connectivity index (χ1n) is 6.52. The van der Waals surface area contributed by atoms with Crippen LogP contribution in [0.3, 0.4) is 0 Å². The third-order valence-corrected chi connectivity index (χ3v) is 3.30. The zero-order valence-corrected chi connectivity index (χ0v) is 12.6. The van der Waals surface area contributed by atoms with Crippen molar-refractivity contribution in [3.8, 4) is 0 Å². The van der Waals surface area contributed by atoms with Gasteiger partial charge in [0, 0.05) is 12.1 Å². The fourth-order valence-corrected chi connectivity index (χ4v) is 2.25. The number of aromatic nitrogens is 4. The van der Waals surface area contributed by atoms with Gasteiger partial charge in [-0.2, -0.15) is 5.10 Å². The molecule has 0 N–H and O–H groups in total. The maximum atomic E-state index is 12.4. The first-order valence-corrected chi connectivity index (χ1v) is 6.90. The van der Waals surface area contributed by atoms with Crippen molar-refractivity contribution >= 4 is 39.8 Å². The summed E-state index contributed by atoms with van der Waals surface area (Å²) < 4.78 is 6.17. The number of carbonyl (C=O) groups excluding carboxylic acids is 1. The van der Waals surface area contributed by atoms with Gasteiger partial charge in [-0.15, -0.1) is 0 Å². The molecule has 0 unspecified atom stereocenters. The van der Waals surface area contributed by atoms with Crippen molar-refractivity contribution in [1.29, 1.82) is 0 Å². The molecule has 0 atom stereocenters. The van der Waals surface area contributed by atoms with Crippen LogP contribution in [-0.4, -0.2) is 32.3 Å². The second-order valence-corrected chi connectivity index (χ2v) is 4.99. The van der Waals surface area contributed by atoms with E-state index in [2.05, 4.69) is 15.1 Å². The van der Waals surface area contributed by atoms with Gasteiger partial charge in [0.25, 0.3) is 0 Å². The van der Waals surface area contributed by atoms with Gasteiger partial charge < -0.3 is 4.74 Å². The number of ether oxygens (including phenoxy) is 1. The van der Waals surface area contributed by atoms with Gasteiger partial charge in [0.1, 0.15) is 0 Å². The lowest BCUT2D eigenvalue weighted by Gasteiger charge is -2.07. The Morgan fingerprint density at radius 3 is 2.82 bits per heavy atom. The molecule has 2 heterocycles. The van der Waals surface area contributed by atoms with E-state index in [-0.39, 0.29) is 23.5 Å². The van der Waals surface area contributed by atoms with E-state index in [0.29, 0.717) is 16.1 Å². The molecule has 0 saturated carbocycles.